The summed E-state index contributed by atoms with van der Waals surface area (Å²) in [7, 11) is 1.50. The molecule has 0 fully saturated rings. The van der Waals surface area contributed by atoms with Gasteiger partial charge in [0.15, 0.2) is 11.2 Å². The third-order valence-corrected chi connectivity index (χ3v) is 5.12. The number of rotatable bonds is 4. The van der Waals surface area contributed by atoms with Crippen LogP contribution in [0.15, 0.2) is 44.2 Å². The van der Waals surface area contributed by atoms with Crippen LogP contribution in [0, 0.1) is 19.8 Å². The van der Waals surface area contributed by atoms with Crippen LogP contribution in [-0.4, -0.2) is 12.9 Å². The zero-order valence-electron chi connectivity index (χ0n) is 16.9. The van der Waals surface area contributed by atoms with Gasteiger partial charge in [-0.25, -0.2) is 0 Å². The highest BCUT2D eigenvalue weighted by molar-refractivity contribution is 5.88. The fourth-order valence-electron chi connectivity index (χ4n) is 4.38. The minimum Gasteiger partial charge on any atom is -0.468 e. The van der Waals surface area contributed by atoms with E-state index in [2.05, 4.69) is 26.0 Å². The summed E-state index contributed by atoms with van der Waals surface area (Å²) in [4.78, 5) is 24.4. The Morgan fingerprint density at radius 1 is 1.19 bits per heavy atom. The van der Waals surface area contributed by atoms with E-state index in [4.69, 9.17) is 9.15 Å². The highest BCUT2D eigenvalue weighted by Crippen LogP contribution is 2.47. The molecule has 140 valence electrons. The van der Waals surface area contributed by atoms with Gasteiger partial charge < -0.3 is 9.15 Å². The number of hydrogen-bond donors (Lipinski definition) is 0. The second-order valence-electron chi connectivity index (χ2n) is 7.49. The Labute approximate surface area is 155 Å². The minimum atomic E-state index is -0.594. The molecule has 0 bridgehead atoms. The lowest BCUT2D eigenvalue weighted by Gasteiger charge is -2.39. The fraction of sp³-hybridized carbons (Fsp3) is 0.455. The summed E-state index contributed by atoms with van der Waals surface area (Å²) in [6, 6.07) is 0. The molecule has 4 heteroatoms. The Kier molecular flexibility index (Phi) is 5.45. The Hall–Kier alpha value is -2.36. The maximum Gasteiger partial charge on any atom is 0.291 e. The van der Waals surface area contributed by atoms with Gasteiger partial charge in [0.2, 0.25) is 0 Å². The van der Waals surface area contributed by atoms with Gasteiger partial charge in [-0.3, -0.25) is 9.59 Å². The highest BCUT2D eigenvalue weighted by atomic mass is 16.6. The summed E-state index contributed by atoms with van der Waals surface area (Å²) >= 11 is 0. The van der Waals surface area contributed by atoms with E-state index < -0.39 is 5.41 Å². The Bertz CT molecular complexity index is 895. The van der Waals surface area contributed by atoms with Crippen molar-refractivity contribution < 1.29 is 13.9 Å². The van der Waals surface area contributed by atoms with Crippen LogP contribution in [0.2, 0.25) is 0 Å². The lowest BCUT2D eigenvalue weighted by molar-refractivity contribution is -0.112. The summed E-state index contributed by atoms with van der Waals surface area (Å²) in [6.07, 6.45) is 5.89. The molecule has 2 atom stereocenters. The first-order valence-electron chi connectivity index (χ1n) is 8.78. The van der Waals surface area contributed by atoms with Gasteiger partial charge in [0.05, 0.1) is 18.1 Å². The smallest absolute Gasteiger partial charge is 0.291 e. The minimum absolute atomic E-state index is 0.00332. The van der Waals surface area contributed by atoms with Crippen molar-refractivity contribution in [2.75, 3.05) is 7.11 Å². The standard InChI is InChI=1S/C22H28O4/c1-12-9-13(2)18(14(3)10-15(4)23)22(7,11-12)20-16(5)19(24)17(6)21(25-8)26-20/h9-11,18H,1-8H3. The van der Waals surface area contributed by atoms with Crippen LogP contribution >= 0.6 is 0 Å². The molecule has 26 heavy (non-hydrogen) atoms. The van der Waals surface area contributed by atoms with Gasteiger partial charge >= 0.3 is 0 Å². The topological polar surface area (TPSA) is 56.5 Å². The van der Waals surface area contributed by atoms with Crippen molar-refractivity contribution >= 4 is 5.78 Å². The van der Waals surface area contributed by atoms with Gasteiger partial charge in [0, 0.05) is 11.5 Å². The van der Waals surface area contributed by atoms with Crippen LogP contribution in [0.4, 0.5) is 0 Å². The van der Waals surface area contributed by atoms with Crippen molar-refractivity contribution in [3.05, 3.63) is 62.1 Å². The van der Waals surface area contributed by atoms with Crippen LogP contribution in [0.25, 0.3) is 0 Å². The molecular weight excluding hydrogens is 328 g/mol. The molecule has 0 N–H and O–H groups in total. The summed E-state index contributed by atoms with van der Waals surface area (Å²) in [5, 5.41) is 0. The molecule has 1 heterocycles. The van der Waals surface area contributed by atoms with E-state index in [0.717, 1.165) is 16.7 Å². The monoisotopic (exact) mass is 356 g/mol. The average molecular weight is 356 g/mol. The normalized spacial score (nSPS) is 23.4. The third-order valence-electron chi connectivity index (χ3n) is 5.12. The third kappa shape index (κ3) is 3.33. The second-order valence-corrected chi connectivity index (χ2v) is 7.49. The first-order chi connectivity index (χ1) is 12.0. The zero-order chi connectivity index (χ0) is 19.8. The van der Waals surface area contributed by atoms with E-state index in [1.165, 1.54) is 7.11 Å². The van der Waals surface area contributed by atoms with Gasteiger partial charge in [-0.15, -0.1) is 0 Å². The SMILES string of the molecule is COc1oc(C2(C)C=C(C)C=C(C)C2C(C)=CC(C)=O)c(C)c(=O)c1C. The fourth-order valence-corrected chi connectivity index (χ4v) is 4.38. The van der Waals surface area contributed by atoms with Gasteiger partial charge in [-0.2, -0.15) is 0 Å². The summed E-state index contributed by atoms with van der Waals surface area (Å²) in [5.41, 5.74) is 3.54. The van der Waals surface area contributed by atoms with Crippen LogP contribution in [0.3, 0.4) is 0 Å². The first-order valence-corrected chi connectivity index (χ1v) is 8.78. The Balaban J connectivity index is 2.83. The van der Waals surface area contributed by atoms with Crippen LogP contribution in [0.5, 0.6) is 5.95 Å². The number of carbonyl (C=O) groups is 1. The Morgan fingerprint density at radius 2 is 1.81 bits per heavy atom. The maximum absolute atomic E-state index is 12.7. The summed E-state index contributed by atoms with van der Waals surface area (Å²) in [5.74, 6) is 0.744. The average Bonchev–Trinajstić information content (AvgIpc) is 2.51. The number of ether oxygens (including phenoxy) is 1. The molecule has 0 aromatic carbocycles. The quantitative estimate of drug-likeness (QED) is 0.741. The number of ketones is 1. The van der Waals surface area contributed by atoms with Gasteiger partial charge in [0.1, 0.15) is 5.76 Å². The van der Waals surface area contributed by atoms with Crippen molar-refractivity contribution in [3.63, 3.8) is 0 Å². The van der Waals surface area contributed by atoms with Crippen LogP contribution < -0.4 is 10.2 Å². The van der Waals surface area contributed by atoms with E-state index in [-0.39, 0.29) is 23.1 Å². The lowest BCUT2D eigenvalue weighted by Crippen LogP contribution is -2.36. The molecule has 0 radical (unpaired) electrons. The van der Waals surface area contributed by atoms with Crippen molar-refractivity contribution in [2.45, 2.75) is 53.9 Å². The molecule has 0 saturated heterocycles. The molecule has 2 rings (SSSR count). The van der Waals surface area contributed by atoms with E-state index in [1.807, 2.05) is 13.8 Å². The summed E-state index contributed by atoms with van der Waals surface area (Å²) in [6.45, 7) is 13.1. The van der Waals surface area contributed by atoms with E-state index in [0.29, 0.717) is 16.9 Å². The first kappa shape index (κ1) is 20.0. The Morgan fingerprint density at radius 3 is 2.35 bits per heavy atom. The number of methoxy groups -OCH3 is 1. The molecule has 0 spiro atoms. The van der Waals surface area contributed by atoms with E-state index in [1.54, 1.807) is 26.8 Å². The molecule has 0 saturated carbocycles. The molecule has 4 nitrogen and oxygen atoms in total. The van der Waals surface area contributed by atoms with Gasteiger partial charge in [0.25, 0.3) is 5.95 Å². The van der Waals surface area contributed by atoms with E-state index in [9.17, 15) is 9.59 Å². The summed E-state index contributed by atoms with van der Waals surface area (Å²) < 4.78 is 11.4. The van der Waals surface area contributed by atoms with Crippen molar-refractivity contribution in [2.24, 2.45) is 5.92 Å². The number of carbonyl (C=O) groups excluding carboxylic acids is 1. The largest absolute Gasteiger partial charge is 0.468 e. The molecular formula is C22H28O4. The number of allylic oxidation sites excluding steroid dienone is 6. The zero-order valence-corrected chi connectivity index (χ0v) is 16.9. The van der Waals surface area contributed by atoms with Gasteiger partial charge in [-0.05, 0) is 54.5 Å². The molecule has 1 aliphatic carbocycles. The van der Waals surface area contributed by atoms with Crippen LogP contribution in [-0.2, 0) is 10.2 Å². The lowest BCUT2D eigenvalue weighted by atomic mass is 9.64. The molecule has 0 aliphatic heterocycles. The van der Waals surface area contributed by atoms with Crippen molar-refractivity contribution in [1.29, 1.82) is 0 Å². The predicted molar refractivity (Wildman–Crippen MR) is 104 cm³/mol. The molecule has 1 aromatic heterocycles. The van der Waals surface area contributed by atoms with Crippen molar-refractivity contribution in [1.82, 2.24) is 0 Å². The van der Waals surface area contributed by atoms with Crippen LogP contribution in [0.1, 0.15) is 51.5 Å². The number of hydrogen-bond acceptors (Lipinski definition) is 4. The van der Waals surface area contributed by atoms with Gasteiger partial charge in [-0.1, -0.05) is 28.9 Å². The molecule has 1 aromatic rings. The predicted octanol–water partition coefficient (Wildman–Crippen LogP) is 4.58. The molecule has 2 unspecified atom stereocenters. The molecule has 0 amide bonds. The highest BCUT2D eigenvalue weighted by Gasteiger charge is 2.42. The second kappa shape index (κ2) is 7.10. The van der Waals surface area contributed by atoms with E-state index >= 15 is 0 Å². The van der Waals surface area contributed by atoms with Crippen molar-refractivity contribution in [3.8, 4) is 5.95 Å². The molecule has 1 aliphatic rings. The maximum atomic E-state index is 12.7.